The number of phenols is 1. The molecule has 108 valence electrons. The first-order chi connectivity index (χ1) is 9.00. The fourth-order valence-electron chi connectivity index (χ4n) is 1.83. The molecule has 19 heavy (non-hydrogen) atoms. The molecule has 4 nitrogen and oxygen atoms in total. The summed E-state index contributed by atoms with van der Waals surface area (Å²) in [5, 5.41) is 13.2. The van der Waals surface area contributed by atoms with E-state index in [4.69, 9.17) is 4.74 Å². The topological polar surface area (TPSA) is 44.7 Å². The Hall–Kier alpha value is -1.10. The molecule has 2 N–H and O–H groups in total. The van der Waals surface area contributed by atoms with Crippen LogP contribution in [0.4, 0.5) is 0 Å². The molecule has 0 spiro atoms. The molecule has 0 bridgehead atoms. The normalized spacial score (nSPS) is 12.9. The molecule has 0 heterocycles. The van der Waals surface area contributed by atoms with Crippen molar-refractivity contribution in [1.82, 2.24) is 10.2 Å². The lowest BCUT2D eigenvalue weighted by Gasteiger charge is -2.16. The van der Waals surface area contributed by atoms with Gasteiger partial charge in [0.1, 0.15) is 5.75 Å². The van der Waals surface area contributed by atoms with Crippen LogP contribution >= 0.6 is 0 Å². The lowest BCUT2D eigenvalue weighted by Crippen LogP contribution is -2.25. The van der Waals surface area contributed by atoms with Crippen molar-refractivity contribution in [1.29, 1.82) is 0 Å². The van der Waals surface area contributed by atoms with Gasteiger partial charge in [-0.05, 0) is 34.0 Å². The maximum absolute atomic E-state index is 9.83. The molecule has 4 heteroatoms. The number of likely N-dealkylation sites (N-methyl/N-ethyl adjacent to an activating group) is 1. The number of ether oxygens (including phenoxy) is 1. The van der Waals surface area contributed by atoms with Crippen LogP contribution in [0.25, 0.3) is 0 Å². The van der Waals surface area contributed by atoms with Gasteiger partial charge in [0.15, 0.2) is 0 Å². The van der Waals surface area contributed by atoms with Gasteiger partial charge < -0.3 is 20.1 Å². The maximum atomic E-state index is 9.83. The second kappa shape index (κ2) is 8.15. The Morgan fingerprint density at radius 1 is 1.32 bits per heavy atom. The molecule has 0 aliphatic carbocycles. The SMILES string of the molecule is Cc1ccc(O)c(C(C)NCCOCCN(C)C)c1. The first kappa shape index (κ1) is 16.0. The van der Waals surface area contributed by atoms with Crippen molar-refractivity contribution in [2.24, 2.45) is 0 Å². The van der Waals surface area contributed by atoms with Gasteiger partial charge in [-0.1, -0.05) is 17.7 Å². The van der Waals surface area contributed by atoms with E-state index >= 15 is 0 Å². The van der Waals surface area contributed by atoms with Crippen LogP contribution in [0.2, 0.25) is 0 Å². The Balaban J connectivity index is 2.27. The van der Waals surface area contributed by atoms with Gasteiger partial charge in [-0.3, -0.25) is 0 Å². The zero-order valence-corrected chi connectivity index (χ0v) is 12.4. The quantitative estimate of drug-likeness (QED) is 0.706. The summed E-state index contributed by atoms with van der Waals surface area (Å²) in [5.41, 5.74) is 2.09. The molecule has 0 aliphatic heterocycles. The standard InChI is InChI=1S/C15H26N2O2/c1-12-5-6-15(18)14(11-12)13(2)16-7-9-19-10-8-17(3)4/h5-6,11,13,16,18H,7-10H2,1-4H3. The van der Waals surface area contributed by atoms with Crippen LogP contribution in [-0.2, 0) is 4.74 Å². The Morgan fingerprint density at radius 3 is 2.74 bits per heavy atom. The van der Waals surface area contributed by atoms with Crippen molar-refractivity contribution < 1.29 is 9.84 Å². The number of benzene rings is 1. The van der Waals surface area contributed by atoms with Crippen LogP contribution < -0.4 is 5.32 Å². The van der Waals surface area contributed by atoms with Crippen molar-refractivity contribution in [3.63, 3.8) is 0 Å². The molecule has 1 rings (SSSR count). The fraction of sp³-hybridized carbons (Fsp3) is 0.600. The number of rotatable bonds is 8. The number of hydrogen-bond acceptors (Lipinski definition) is 4. The summed E-state index contributed by atoms with van der Waals surface area (Å²) in [6, 6.07) is 5.80. The van der Waals surface area contributed by atoms with E-state index in [0.29, 0.717) is 12.4 Å². The van der Waals surface area contributed by atoms with E-state index < -0.39 is 0 Å². The Bertz CT molecular complexity index is 380. The first-order valence-electron chi connectivity index (χ1n) is 6.76. The van der Waals surface area contributed by atoms with Gasteiger partial charge in [-0.2, -0.15) is 0 Å². The highest BCUT2D eigenvalue weighted by atomic mass is 16.5. The summed E-state index contributed by atoms with van der Waals surface area (Å²) in [6.07, 6.45) is 0. The molecule has 0 amide bonds. The number of hydrogen-bond donors (Lipinski definition) is 2. The van der Waals surface area contributed by atoms with Gasteiger partial charge in [-0.15, -0.1) is 0 Å². The molecular weight excluding hydrogens is 240 g/mol. The minimum atomic E-state index is 0.123. The van der Waals surface area contributed by atoms with Crippen LogP contribution in [0, 0.1) is 6.92 Å². The summed E-state index contributed by atoms with van der Waals surface area (Å²) in [4.78, 5) is 2.10. The molecule has 0 aliphatic rings. The van der Waals surface area contributed by atoms with E-state index in [0.717, 1.165) is 30.8 Å². The van der Waals surface area contributed by atoms with Crippen LogP contribution in [0.5, 0.6) is 5.75 Å². The minimum Gasteiger partial charge on any atom is -0.508 e. The minimum absolute atomic E-state index is 0.123. The molecule has 0 aromatic heterocycles. The smallest absolute Gasteiger partial charge is 0.120 e. The lowest BCUT2D eigenvalue weighted by atomic mass is 10.0. The van der Waals surface area contributed by atoms with Crippen LogP contribution in [0.15, 0.2) is 18.2 Å². The van der Waals surface area contributed by atoms with Gasteiger partial charge in [0.2, 0.25) is 0 Å². The van der Waals surface area contributed by atoms with E-state index in [-0.39, 0.29) is 6.04 Å². The van der Waals surface area contributed by atoms with E-state index in [1.165, 1.54) is 0 Å². The second-order valence-electron chi connectivity index (χ2n) is 5.15. The summed E-state index contributed by atoms with van der Waals surface area (Å²) in [7, 11) is 4.06. The van der Waals surface area contributed by atoms with E-state index in [9.17, 15) is 5.11 Å². The van der Waals surface area contributed by atoms with Crippen molar-refractivity contribution in [2.75, 3.05) is 40.4 Å². The van der Waals surface area contributed by atoms with Crippen molar-refractivity contribution in [3.8, 4) is 5.75 Å². The molecule has 1 atom stereocenters. The average Bonchev–Trinajstić information content (AvgIpc) is 2.36. The largest absolute Gasteiger partial charge is 0.508 e. The van der Waals surface area contributed by atoms with Gasteiger partial charge >= 0.3 is 0 Å². The Labute approximate surface area is 116 Å². The molecule has 0 fully saturated rings. The van der Waals surface area contributed by atoms with Gasteiger partial charge in [-0.25, -0.2) is 0 Å². The summed E-state index contributed by atoms with van der Waals surface area (Å²) < 4.78 is 5.52. The van der Waals surface area contributed by atoms with Crippen LogP contribution in [-0.4, -0.2) is 50.4 Å². The molecule has 1 aromatic rings. The third-order valence-corrected chi connectivity index (χ3v) is 3.03. The maximum Gasteiger partial charge on any atom is 0.120 e. The van der Waals surface area contributed by atoms with Gasteiger partial charge in [0.25, 0.3) is 0 Å². The molecular formula is C15H26N2O2. The average molecular weight is 266 g/mol. The van der Waals surface area contributed by atoms with E-state index in [2.05, 4.69) is 10.2 Å². The highest BCUT2D eigenvalue weighted by Crippen LogP contribution is 2.24. The number of nitrogens with one attached hydrogen (secondary N) is 1. The highest BCUT2D eigenvalue weighted by Gasteiger charge is 2.09. The van der Waals surface area contributed by atoms with E-state index in [1.54, 1.807) is 6.07 Å². The molecule has 1 unspecified atom stereocenters. The number of aromatic hydroxyl groups is 1. The first-order valence-corrected chi connectivity index (χ1v) is 6.76. The fourth-order valence-corrected chi connectivity index (χ4v) is 1.83. The zero-order chi connectivity index (χ0) is 14.3. The monoisotopic (exact) mass is 266 g/mol. The predicted octanol–water partition coefficient (Wildman–Crippen LogP) is 1.93. The zero-order valence-electron chi connectivity index (χ0n) is 12.4. The van der Waals surface area contributed by atoms with Gasteiger partial charge in [0, 0.05) is 24.7 Å². The summed E-state index contributed by atoms with van der Waals surface area (Å²) in [5.74, 6) is 0.346. The molecule has 0 saturated heterocycles. The van der Waals surface area contributed by atoms with Crippen LogP contribution in [0.3, 0.4) is 0 Å². The van der Waals surface area contributed by atoms with Crippen molar-refractivity contribution in [3.05, 3.63) is 29.3 Å². The number of nitrogens with zero attached hydrogens (tertiary/aromatic N) is 1. The number of phenolic OH excluding ortho intramolecular Hbond substituents is 1. The van der Waals surface area contributed by atoms with Crippen molar-refractivity contribution >= 4 is 0 Å². The van der Waals surface area contributed by atoms with E-state index in [1.807, 2.05) is 40.1 Å². The molecule has 0 saturated carbocycles. The highest BCUT2D eigenvalue weighted by molar-refractivity contribution is 5.37. The summed E-state index contributed by atoms with van der Waals surface area (Å²) >= 11 is 0. The number of aryl methyl sites for hydroxylation is 1. The van der Waals surface area contributed by atoms with Gasteiger partial charge in [0.05, 0.1) is 13.2 Å². The third-order valence-electron chi connectivity index (χ3n) is 3.03. The Kier molecular flexibility index (Phi) is 6.84. The Morgan fingerprint density at radius 2 is 2.05 bits per heavy atom. The summed E-state index contributed by atoms with van der Waals surface area (Å²) in [6.45, 7) is 7.23. The van der Waals surface area contributed by atoms with Crippen molar-refractivity contribution in [2.45, 2.75) is 19.9 Å². The lowest BCUT2D eigenvalue weighted by molar-refractivity contribution is 0.118. The van der Waals surface area contributed by atoms with Crippen LogP contribution in [0.1, 0.15) is 24.1 Å². The predicted molar refractivity (Wildman–Crippen MR) is 78.6 cm³/mol. The molecule has 0 radical (unpaired) electrons. The molecule has 1 aromatic carbocycles. The third kappa shape index (κ3) is 6.05. The second-order valence-corrected chi connectivity index (χ2v) is 5.15.